The van der Waals surface area contributed by atoms with Crippen molar-refractivity contribution >= 4 is 40.8 Å². The lowest BCUT2D eigenvalue weighted by molar-refractivity contribution is -0.150. The largest absolute Gasteiger partial charge is 0.452 e. The van der Waals surface area contributed by atoms with Crippen LogP contribution < -0.4 is 0 Å². The highest BCUT2D eigenvalue weighted by atomic mass is 35.6. The molecule has 116 valence electrons. The first kappa shape index (κ1) is 17.1. The van der Waals surface area contributed by atoms with Crippen LogP contribution in [0.5, 0.6) is 0 Å². The van der Waals surface area contributed by atoms with Crippen molar-refractivity contribution in [2.75, 3.05) is 0 Å². The topological polar surface area (TPSA) is 26.3 Å². The van der Waals surface area contributed by atoms with Crippen molar-refractivity contribution in [1.82, 2.24) is 0 Å². The number of ether oxygens (including phenoxy) is 1. The molecule has 0 aliphatic heterocycles. The summed E-state index contributed by atoms with van der Waals surface area (Å²) >= 11 is 17.9. The van der Waals surface area contributed by atoms with Crippen LogP contribution >= 0.6 is 34.8 Å². The molecule has 0 fully saturated rings. The van der Waals surface area contributed by atoms with Gasteiger partial charge in [0.05, 0.1) is 5.92 Å². The van der Waals surface area contributed by atoms with E-state index in [1.807, 2.05) is 36.4 Å². The minimum absolute atomic E-state index is 0.439. The average molecular weight is 358 g/mol. The smallest absolute Gasteiger partial charge is 0.313 e. The van der Waals surface area contributed by atoms with Gasteiger partial charge in [0, 0.05) is 0 Å². The van der Waals surface area contributed by atoms with Crippen LogP contribution in [-0.2, 0) is 9.53 Å². The molecule has 0 radical (unpaired) electrons. The van der Waals surface area contributed by atoms with Gasteiger partial charge in [0.1, 0.15) is 0 Å². The van der Waals surface area contributed by atoms with E-state index in [2.05, 4.69) is 0 Å². The second kappa shape index (κ2) is 7.36. The van der Waals surface area contributed by atoms with Crippen LogP contribution in [-0.4, -0.2) is 9.76 Å². The van der Waals surface area contributed by atoms with E-state index < -0.39 is 21.8 Å². The Hall–Kier alpha value is -1.22. The van der Waals surface area contributed by atoms with Gasteiger partial charge < -0.3 is 4.74 Å². The van der Waals surface area contributed by atoms with Gasteiger partial charge in [0.25, 0.3) is 0 Å². The number of esters is 1. The number of hydrogen-bond acceptors (Lipinski definition) is 2. The minimum atomic E-state index is -1.74. The summed E-state index contributed by atoms with van der Waals surface area (Å²) in [5.74, 6) is -0.883. The van der Waals surface area contributed by atoms with Crippen LogP contribution in [0.25, 0.3) is 0 Å². The van der Waals surface area contributed by atoms with E-state index in [9.17, 15) is 4.79 Å². The zero-order valence-corrected chi connectivity index (χ0v) is 14.1. The molecule has 2 atom stereocenters. The van der Waals surface area contributed by atoms with Crippen molar-refractivity contribution in [2.45, 2.75) is 22.7 Å². The first-order chi connectivity index (χ1) is 10.4. The molecular formula is C17H15Cl3O2. The maximum atomic E-state index is 12.4. The third-order valence-electron chi connectivity index (χ3n) is 3.29. The van der Waals surface area contributed by atoms with Gasteiger partial charge in [-0.15, -0.1) is 0 Å². The fourth-order valence-corrected chi connectivity index (χ4v) is 2.56. The SMILES string of the molecule is CC(C(=O)OC(c1ccccc1)C(Cl)(Cl)Cl)c1ccccc1. The number of alkyl halides is 3. The second-order valence-electron chi connectivity index (χ2n) is 4.90. The van der Waals surface area contributed by atoms with E-state index in [1.165, 1.54) is 0 Å². The average Bonchev–Trinajstić information content (AvgIpc) is 2.52. The van der Waals surface area contributed by atoms with E-state index in [-0.39, 0.29) is 0 Å². The maximum Gasteiger partial charge on any atom is 0.313 e. The molecule has 2 aromatic rings. The van der Waals surface area contributed by atoms with E-state index in [1.54, 1.807) is 31.2 Å². The van der Waals surface area contributed by atoms with Gasteiger partial charge >= 0.3 is 5.97 Å². The van der Waals surface area contributed by atoms with Gasteiger partial charge in [-0.1, -0.05) is 95.5 Å². The van der Waals surface area contributed by atoms with E-state index in [4.69, 9.17) is 39.5 Å². The maximum absolute atomic E-state index is 12.4. The lowest BCUT2D eigenvalue weighted by Crippen LogP contribution is -2.25. The predicted octanol–water partition coefficient (Wildman–Crippen LogP) is 5.44. The number of hydrogen-bond donors (Lipinski definition) is 0. The van der Waals surface area contributed by atoms with E-state index >= 15 is 0 Å². The molecule has 0 saturated heterocycles. The predicted molar refractivity (Wildman–Crippen MR) is 90.4 cm³/mol. The van der Waals surface area contributed by atoms with Gasteiger partial charge in [-0.3, -0.25) is 4.79 Å². The molecule has 2 aromatic carbocycles. The number of rotatable bonds is 4. The van der Waals surface area contributed by atoms with Crippen LogP contribution in [0.1, 0.15) is 30.1 Å². The molecule has 0 saturated carbocycles. The van der Waals surface area contributed by atoms with Gasteiger partial charge in [-0.25, -0.2) is 0 Å². The molecule has 0 aliphatic carbocycles. The first-order valence-electron chi connectivity index (χ1n) is 6.76. The Balaban J connectivity index is 2.19. The fraction of sp³-hybridized carbons (Fsp3) is 0.235. The van der Waals surface area contributed by atoms with E-state index in [0.29, 0.717) is 5.56 Å². The van der Waals surface area contributed by atoms with Gasteiger partial charge in [-0.2, -0.15) is 0 Å². The van der Waals surface area contributed by atoms with Crippen molar-refractivity contribution < 1.29 is 9.53 Å². The summed E-state index contributed by atoms with van der Waals surface area (Å²) in [5, 5.41) is 0. The molecule has 5 heteroatoms. The Morgan fingerprint density at radius 2 is 1.36 bits per heavy atom. The summed E-state index contributed by atoms with van der Waals surface area (Å²) in [5.41, 5.74) is 1.49. The molecule has 0 spiro atoms. The van der Waals surface area contributed by atoms with Crippen molar-refractivity contribution in [3.05, 3.63) is 71.8 Å². The van der Waals surface area contributed by atoms with Crippen molar-refractivity contribution in [3.8, 4) is 0 Å². The molecule has 2 unspecified atom stereocenters. The zero-order valence-electron chi connectivity index (χ0n) is 11.9. The van der Waals surface area contributed by atoms with Gasteiger partial charge in [-0.05, 0) is 18.1 Å². The van der Waals surface area contributed by atoms with Crippen LogP contribution in [0.3, 0.4) is 0 Å². The van der Waals surface area contributed by atoms with Crippen molar-refractivity contribution in [3.63, 3.8) is 0 Å². The highest BCUT2D eigenvalue weighted by molar-refractivity contribution is 6.68. The van der Waals surface area contributed by atoms with Crippen LogP contribution in [0.2, 0.25) is 0 Å². The van der Waals surface area contributed by atoms with Crippen LogP contribution in [0.4, 0.5) is 0 Å². The van der Waals surface area contributed by atoms with Crippen LogP contribution in [0, 0.1) is 0 Å². The highest BCUT2D eigenvalue weighted by Gasteiger charge is 2.38. The summed E-state index contributed by atoms with van der Waals surface area (Å²) in [7, 11) is 0. The third-order valence-corrected chi connectivity index (χ3v) is 3.88. The zero-order chi connectivity index (χ0) is 16.2. The van der Waals surface area contributed by atoms with E-state index in [0.717, 1.165) is 5.56 Å². The third kappa shape index (κ3) is 4.39. The summed E-state index contributed by atoms with van der Waals surface area (Å²) in [6, 6.07) is 18.3. The highest BCUT2D eigenvalue weighted by Crippen LogP contribution is 2.43. The molecule has 0 N–H and O–H groups in total. The van der Waals surface area contributed by atoms with Gasteiger partial charge in [0.2, 0.25) is 3.79 Å². The Kier molecular flexibility index (Phi) is 5.74. The molecule has 2 nitrogen and oxygen atoms in total. The summed E-state index contributed by atoms with van der Waals surface area (Å²) < 4.78 is 3.74. The summed E-state index contributed by atoms with van der Waals surface area (Å²) in [6.45, 7) is 1.76. The van der Waals surface area contributed by atoms with Gasteiger partial charge in [0.15, 0.2) is 6.10 Å². The number of benzene rings is 2. The fourth-order valence-electron chi connectivity index (χ4n) is 2.05. The monoisotopic (exact) mass is 356 g/mol. The second-order valence-corrected chi connectivity index (χ2v) is 7.27. The Labute approximate surface area is 144 Å². The molecule has 0 heterocycles. The molecule has 0 aromatic heterocycles. The van der Waals surface area contributed by atoms with Crippen molar-refractivity contribution in [2.24, 2.45) is 0 Å². The van der Waals surface area contributed by atoms with Crippen LogP contribution in [0.15, 0.2) is 60.7 Å². The number of carbonyl (C=O) groups excluding carboxylic acids is 1. The minimum Gasteiger partial charge on any atom is -0.452 e. The summed E-state index contributed by atoms with van der Waals surface area (Å²) in [4.78, 5) is 12.4. The normalized spacial score (nSPS) is 14.2. The lowest BCUT2D eigenvalue weighted by Gasteiger charge is -2.26. The first-order valence-corrected chi connectivity index (χ1v) is 7.90. The molecule has 0 amide bonds. The molecule has 0 bridgehead atoms. The Bertz CT molecular complexity index is 609. The van der Waals surface area contributed by atoms with Crippen molar-refractivity contribution in [1.29, 1.82) is 0 Å². The standard InChI is InChI=1S/C17H15Cl3O2/c1-12(13-8-4-2-5-9-13)16(21)22-15(17(18,19)20)14-10-6-3-7-11-14/h2-12,15H,1H3. The summed E-state index contributed by atoms with van der Waals surface area (Å²) in [6.07, 6.45) is -0.961. The number of halogens is 3. The lowest BCUT2D eigenvalue weighted by atomic mass is 10.0. The molecule has 22 heavy (non-hydrogen) atoms. The Morgan fingerprint density at radius 3 is 1.82 bits per heavy atom. The molecule has 0 aliphatic rings. The molecule has 2 rings (SSSR count). The molecular weight excluding hydrogens is 343 g/mol. The number of carbonyl (C=O) groups is 1. The Morgan fingerprint density at radius 1 is 0.909 bits per heavy atom. The quantitative estimate of drug-likeness (QED) is 0.537.